The molecule has 1 atom stereocenters. The van der Waals surface area contributed by atoms with Crippen LogP contribution in [0.15, 0.2) is 5.38 Å². The Morgan fingerprint density at radius 2 is 2.18 bits per heavy atom. The van der Waals surface area contributed by atoms with Crippen molar-refractivity contribution >= 4 is 11.3 Å². The molecule has 0 spiro atoms. The lowest BCUT2D eigenvalue weighted by Gasteiger charge is -2.27. The minimum atomic E-state index is 0.379. The standard InChI is InChI=1S/C13H23N3S/c1-9-8-17-13(16-9)10(2)15-7-11-3-5-12(14)6-4-11/h8,10-12,15H,3-7,14H2,1-2H3. The molecule has 2 rings (SSSR count). The van der Waals surface area contributed by atoms with Crippen molar-refractivity contribution in [2.24, 2.45) is 11.7 Å². The van der Waals surface area contributed by atoms with Gasteiger partial charge in [-0.1, -0.05) is 0 Å². The highest BCUT2D eigenvalue weighted by molar-refractivity contribution is 7.09. The van der Waals surface area contributed by atoms with Crippen LogP contribution in [-0.4, -0.2) is 17.6 Å². The van der Waals surface area contributed by atoms with E-state index in [1.54, 1.807) is 11.3 Å². The summed E-state index contributed by atoms with van der Waals surface area (Å²) in [6.45, 7) is 5.36. The van der Waals surface area contributed by atoms with Gasteiger partial charge in [0.15, 0.2) is 0 Å². The Bertz CT molecular complexity index is 342. The van der Waals surface area contributed by atoms with Crippen molar-refractivity contribution in [3.05, 3.63) is 16.1 Å². The molecule has 1 unspecified atom stereocenters. The Balaban J connectivity index is 1.74. The molecule has 3 nitrogen and oxygen atoms in total. The number of aryl methyl sites for hydroxylation is 1. The van der Waals surface area contributed by atoms with Gasteiger partial charge in [-0.2, -0.15) is 0 Å². The summed E-state index contributed by atoms with van der Waals surface area (Å²) in [6.07, 6.45) is 4.93. The zero-order valence-electron chi connectivity index (χ0n) is 10.8. The molecular weight excluding hydrogens is 230 g/mol. The van der Waals surface area contributed by atoms with E-state index in [9.17, 15) is 0 Å². The van der Waals surface area contributed by atoms with Crippen LogP contribution in [0, 0.1) is 12.8 Å². The number of thiazole rings is 1. The first-order valence-electron chi connectivity index (χ1n) is 6.56. The molecule has 0 aliphatic heterocycles. The van der Waals surface area contributed by atoms with Gasteiger partial charge in [0.1, 0.15) is 5.01 Å². The molecule has 0 saturated heterocycles. The number of nitrogens with one attached hydrogen (secondary N) is 1. The van der Waals surface area contributed by atoms with Gasteiger partial charge >= 0.3 is 0 Å². The number of hydrogen-bond acceptors (Lipinski definition) is 4. The molecule has 0 bridgehead atoms. The lowest BCUT2D eigenvalue weighted by Crippen LogP contribution is -2.32. The predicted octanol–water partition coefficient (Wildman–Crippen LogP) is 2.62. The van der Waals surface area contributed by atoms with Crippen molar-refractivity contribution in [3.8, 4) is 0 Å². The van der Waals surface area contributed by atoms with Gasteiger partial charge in [-0.3, -0.25) is 0 Å². The molecule has 96 valence electrons. The number of rotatable bonds is 4. The number of nitrogens with two attached hydrogens (primary N) is 1. The van der Waals surface area contributed by atoms with Crippen molar-refractivity contribution in [2.45, 2.75) is 51.6 Å². The molecule has 1 aromatic rings. The van der Waals surface area contributed by atoms with Gasteiger partial charge in [-0.15, -0.1) is 11.3 Å². The maximum absolute atomic E-state index is 5.92. The minimum absolute atomic E-state index is 0.379. The van der Waals surface area contributed by atoms with Gasteiger partial charge in [0, 0.05) is 17.1 Å². The Hall–Kier alpha value is -0.450. The fourth-order valence-electron chi connectivity index (χ4n) is 2.39. The molecule has 4 heteroatoms. The second-order valence-corrected chi connectivity index (χ2v) is 6.13. The van der Waals surface area contributed by atoms with E-state index in [1.165, 1.54) is 30.7 Å². The van der Waals surface area contributed by atoms with Crippen molar-refractivity contribution in [3.63, 3.8) is 0 Å². The predicted molar refractivity (Wildman–Crippen MR) is 73.2 cm³/mol. The summed E-state index contributed by atoms with van der Waals surface area (Å²) in [5.74, 6) is 0.804. The van der Waals surface area contributed by atoms with Gasteiger partial charge in [-0.25, -0.2) is 4.98 Å². The lowest BCUT2D eigenvalue weighted by molar-refractivity contribution is 0.306. The van der Waals surface area contributed by atoms with Crippen LogP contribution >= 0.6 is 11.3 Å². The van der Waals surface area contributed by atoms with Crippen LogP contribution in [0.4, 0.5) is 0 Å². The van der Waals surface area contributed by atoms with Crippen LogP contribution in [0.5, 0.6) is 0 Å². The fraction of sp³-hybridized carbons (Fsp3) is 0.769. The van der Waals surface area contributed by atoms with Gasteiger partial charge in [-0.05, 0) is 52.0 Å². The summed E-state index contributed by atoms with van der Waals surface area (Å²) in [4.78, 5) is 4.52. The molecule has 1 fully saturated rings. The third kappa shape index (κ3) is 3.76. The lowest BCUT2D eigenvalue weighted by atomic mass is 9.86. The van der Waals surface area contributed by atoms with E-state index in [2.05, 4.69) is 29.5 Å². The smallest absolute Gasteiger partial charge is 0.110 e. The molecule has 17 heavy (non-hydrogen) atoms. The van der Waals surface area contributed by atoms with Crippen molar-refractivity contribution < 1.29 is 0 Å². The highest BCUT2D eigenvalue weighted by atomic mass is 32.1. The Labute approximate surface area is 108 Å². The van der Waals surface area contributed by atoms with Crippen molar-refractivity contribution in [1.82, 2.24) is 10.3 Å². The second-order valence-electron chi connectivity index (χ2n) is 5.24. The first-order valence-corrected chi connectivity index (χ1v) is 7.44. The van der Waals surface area contributed by atoms with Crippen molar-refractivity contribution in [1.29, 1.82) is 0 Å². The SMILES string of the molecule is Cc1csc(C(C)NCC2CCC(N)CC2)n1. The van der Waals surface area contributed by atoms with Gasteiger partial charge in [0.2, 0.25) is 0 Å². The van der Waals surface area contributed by atoms with Gasteiger partial charge in [0.25, 0.3) is 0 Å². The molecule has 3 N–H and O–H groups in total. The first-order chi connectivity index (χ1) is 8.15. The number of aromatic nitrogens is 1. The number of nitrogens with zero attached hydrogens (tertiary/aromatic N) is 1. The maximum Gasteiger partial charge on any atom is 0.110 e. The van der Waals surface area contributed by atoms with Crippen molar-refractivity contribution in [2.75, 3.05) is 6.54 Å². The monoisotopic (exact) mass is 253 g/mol. The van der Waals surface area contributed by atoms with Crippen LogP contribution in [0.2, 0.25) is 0 Å². The topological polar surface area (TPSA) is 50.9 Å². The van der Waals surface area contributed by atoms with E-state index in [-0.39, 0.29) is 0 Å². The largest absolute Gasteiger partial charge is 0.328 e. The summed E-state index contributed by atoms with van der Waals surface area (Å²) < 4.78 is 0. The van der Waals surface area contributed by atoms with Crippen LogP contribution < -0.4 is 11.1 Å². The Kier molecular flexibility index (Phi) is 4.54. The van der Waals surface area contributed by atoms with Crippen LogP contribution in [0.25, 0.3) is 0 Å². The third-order valence-corrected chi connectivity index (χ3v) is 4.76. The van der Waals surface area contributed by atoms with Gasteiger partial charge < -0.3 is 11.1 Å². The van der Waals surface area contributed by atoms with E-state index >= 15 is 0 Å². The molecule has 1 heterocycles. The summed E-state index contributed by atoms with van der Waals surface area (Å²) in [7, 11) is 0. The normalized spacial score (nSPS) is 27.0. The fourth-order valence-corrected chi connectivity index (χ4v) is 3.22. The van der Waals surface area contributed by atoms with Crippen LogP contribution in [0.3, 0.4) is 0 Å². The van der Waals surface area contributed by atoms with E-state index in [0.717, 1.165) is 18.2 Å². The summed E-state index contributed by atoms with van der Waals surface area (Å²) >= 11 is 1.75. The van der Waals surface area contributed by atoms with E-state index in [0.29, 0.717) is 12.1 Å². The Morgan fingerprint density at radius 3 is 2.76 bits per heavy atom. The molecule has 1 aromatic heterocycles. The highest BCUT2D eigenvalue weighted by Gasteiger charge is 2.19. The molecule has 0 radical (unpaired) electrons. The molecule has 1 aliphatic carbocycles. The van der Waals surface area contributed by atoms with E-state index in [4.69, 9.17) is 5.73 Å². The summed E-state index contributed by atoms with van der Waals surface area (Å²) in [5.41, 5.74) is 7.05. The third-order valence-electron chi connectivity index (χ3n) is 3.61. The molecule has 0 aromatic carbocycles. The van der Waals surface area contributed by atoms with Crippen LogP contribution in [-0.2, 0) is 0 Å². The van der Waals surface area contributed by atoms with E-state index < -0.39 is 0 Å². The van der Waals surface area contributed by atoms with Crippen LogP contribution in [0.1, 0.15) is 49.4 Å². The summed E-state index contributed by atoms with van der Waals surface area (Å²) in [5, 5.41) is 6.93. The molecule has 1 aliphatic rings. The number of hydrogen-bond donors (Lipinski definition) is 2. The average molecular weight is 253 g/mol. The Morgan fingerprint density at radius 1 is 1.47 bits per heavy atom. The molecular formula is C13H23N3S. The molecule has 0 amide bonds. The maximum atomic E-state index is 5.92. The molecule has 1 saturated carbocycles. The highest BCUT2D eigenvalue weighted by Crippen LogP contribution is 2.24. The minimum Gasteiger partial charge on any atom is -0.328 e. The van der Waals surface area contributed by atoms with Gasteiger partial charge in [0.05, 0.1) is 6.04 Å². The average Bonchev–Trinajstić information content (AvgIpc) is 2.75. The quantitative estimate of drug-likeness (QED) is 0.867. The summed E-state index contributed by atoms with van der Waals surface area (Å²) in [6, 6.07) is 0.828. The van der Waals surface area contributed by atoms with E-state index in [1.807, 2.05) is 0 Å². The zero-order chi connectivity index (χ0) is 12.3. The second kappa shape index (κ2) is 5.94. The first kappa shape index (κ1) is 13.0. The zero-order valence-corrected chi connectivity index (χ0v) is 11.6.